The monoisotopic (exact) mass is 379 g/mol. The van der Waals surface area contributed by atoms with Gasteiger partial charge < -0.3 is 19.9 Å². The molecule has 0 amide bonds. The smallest absolute Gasteiger partial charge is 0.233 e. The lowest BCUT2D eigenvalue weighted by atomic mass is 10.1. The van der Waals surface area contributed by atoms with E-state index in [0.29, 0.717) is 24.2 Å². The lowest BCUT2D eigenvalue weighted by molar-refractivity contribution is 0.0922. The molecule has 0 bridgehead atoms. The number of β-amino-alcohol motifs (C(OH)–C–C–N with tert-alkyl or cyclic N) is 1. The molecule has 7 heteroatoms. The Hall–Kier alpha value is -1.89. The van der Waals surface area contributed by atoms with Gasteiger partial charge in [0, 0.05) is 18.2 Å². The van der Waals surface area contributed by atoms with Crippen LogP contribution in [0.2, 0.25) is 5.15 Å². The van der Waals surface area contributed by atoms with Crippen molar-refractivity contribution in [2.24, 2.45) is 0 Å². The van der Waals surface area contributed by atoms with E-state index in [-0.39, 0.29) is 12.1 Å². The van der Waals surface area contributed by atoms with Crippen LogP contribution in [-0.4, -0.2) is 46.7 Å². The topological polar surface area (TPSA) is 76.5 Å². The molecule has 0 aliphatic rings. The molecule has 0 spiro atoms. The highest BCUT2D eigenvalue weighted by Crippen LogP contribution is 2.16. The highest BCUT2D eigenvalue weighted by Gasteiger charge is 2.20. The van der Waals surface area contributed by atoms with Gasteiger partial charge >= 0.3 is 0 Å². The van der Waals surface area contributed by atoms with Crippen LogP contribution in [0.3, 0.4) is 0 Å². The summed E-state index contributed by atoms with van der Waals surface area (Å²) in [6, 6.07) is 9.28. The second kappa shape index (κ2) is 9.16. The molecule has 142 valence electrons. The molecule has 1 unspecified atom stereocenters. The summed E-state index contributed by atoms with van der Waals surface area (Å²) in [7, 11) is 0. The van der Waals surface area contributed by atoms with Crippen molar-refractivity contribution in [3.8, 4) is 11.6 Å². The van der Waals surface area contributed by atoms with Gasteiger partial charge in [0.1, 0.15) is 25.1 Å². The normalized spacial score (nSPS) is 12.7. The van der Waals surface area contributed by atoms with Crippen molar-refractivity contribution in [3.05, 3.63) is 46.6 Å². The molecule has 2 N–H and O–H groups in total. The van der Waals surface area contributed by atoms with E-state index in [2.05, 4.69) is 21.6 Å². The van der Waals surface area contributed by atoms with Gasteiger partial charge in [0.2, 0.25) is 5.88 Å². The Labute approximate surface area is 159 Å². The number of aromatic nitrogens is 2. The fourth-order valence-corrected chi connectivity index (χ4v) is 2.45. The van der Waals surface area contributed by atoms with Gasteiger partial charge in [-0.25, -0.2) is 0 Å². The predicted octanol–water partition coefficient (Wildman–Crippen LogP) is 2.93. The summed E-state index contributed by atoms with van der Waals surface area (Å²) in [5, 5.41) is 21.3. The van der Waals surface area contributed by atoms with E-state index in [4.69, 9.17) is 21.1 Å². The lowest BCUT2D eigenvalue weighted by Gasteiger charge is -2.27. The molecule has 1 aromatic carbocycles. The number of hydrogen-bond acceptors (Lipinski definition) is 6. The van der Waals surface area contributed by atoms with Gasteiger partial charge in [-0.2, -0.15) is 0 Å². The molecule has 0 aliphatic carbocycles. The molecule has 1 heterocycles. The van der Waals surface area contributed by atoms with Crippen LogP contribution in [0.15, 0.2) is 30.3 Å². The zero-order valence-corrected chi connectivity index (χ0v) is 16.4. The molecule has 1 aromatic heterocycles. The van der Waals surface area contributed by atoms with Crippen LogP contribution in [0, 0.1) is 13.8 Å². The number of ether oxygens (including phenoxy) is 2. The maximum absolute atomic E-state index is 10.2. The highest BCUT2D eigenvalue weighted by atomic mass is 35.5. The highest BCUT2D eigenvalue weighted by molar-refractivity contribution is 6.29. The quantitative estimate of drug-likeness (QED) is 0.697. The summed E-state index contributed by atoms with van der Waals surface area (Å²) in [5.74, 6) is 1.17. The Morgan fingerprint density at radius 3 is 2.42 bits per heavy atom. The van der Waals surface area contributed by atoms with Crippen molar-refractivity contribution in [1.82, 2.24) is 15.5 Å². The first-order valence-corrected chi connectivity index (χ1v) is 8.87. The molecule has 0 aliphatic heterocycles. The van der Waals surface area contributed by atoms with Crippen LogP contribution in [0.25, 0.3) is 0 Å². The average Bonchev–Trinajstić information content (AvgIpc) is 2.57. The van der Waals surface area contributed by atoms with Gasteiger partial charge in [0.25, 0.3) is 0 Å². The first-order valence-electron chi connectivity index (χ1n) is 8.50. The van der Waals surface area contributed by atoms with E-state index in [1.807, 2.05) is 39.8 Å². The van der Waals surface area contributed by atoms with Crippen LogP contribution in [0.1, 0.15) is 25.0 Å². The Morgan fingerprint density at radius 1 is 1.12 bits per heavy atom. The van der Waals surface area contributed by atoms with E-state index >= 15 is 0 Å². The summed E-state index contributed by atoms with van der Waals surface area (Å²) in [4.78, 5) is 0. The van der Waals surface area contributed by atoms with E-state index in [1.54, 1.807) is 12.1 Å². The molecular weight excluding hydrogens is 354 g/mol. The fourth-order valence-electron chi connectivity index (χ4n) is 2.35. The minimum absolute atomic E-state index is 0.218. The number of aryl methyl sites for hydroxylation is 2. The zero-order valence-electron chi connectivity index (χ0n) is 15.6. The fraction of sp³-hybridized carbons (Fsp3) is 0.474. The van der Waals surface area contributed by atoms with Crippen molar-refractivity contribution in [3.63, 3.8) is 0 Å². The largest absolute Gasteiger partial charge is 0.491 e. The number of benzene rings is 1. The van der Waals surface area contributed by atoms with Gasteiger partial charge in [0.15, 0.2) is 5.15 Å². The summed E-state index contributed by atoms with van der Waals surface area (Å²) < 4.78 is 11.3. The van der Waals surface area contributed by atoms with Gasteiger partial charge in [-0.15, -0.1) is 10.2 Å². The summed E-state index contributed by atoms with van der Waals surface area (Å²) in [6.07, 6.45) is -0.634. The number of rotatable bonds is 9. The molecule has 2 aromatic rings. The summed E-state index contributed by atoms with van der Waals surface area (Å²) >= 11 is 5.70. The maximum atomic E-state index is 10.2. The van der Waals surface area contributed by atoms with Crippen molar-refractivity contribution in [1.29, 1.82) is 0 Å². The Bertz CT molecular complexity index is 687. The SMILES string of the molecule is Cc1cc(C)cc(OCC(O)CNC(C)(C)COc2ccc(Cl)nn2)c1. The second-order valence-corrected chi connectivity index (χ2v) is 7.42. The van der Waals surface area contributed by atoms with Gasteiger partial charge in [-0.3, -0.25) is 0 Å². The number of nitrogens with one attached hydrogen (secondary N) is 1. The van der Waals surface area contributed by atoms with E-state index in [9.17, 15) is 5.11 Å². The Kier molecular flexibility index (Phi) is 7.20. The minimum atomic E-state index is -0.634. The van der Waals surface area contributed by atoms with Crippen molar-refractivity contribution in [2.45, 2.75) is 39.3 Å². The van der Waals surface area contributed by atoms with Crippen molar-refractivity contribution in [2.75, 3.05) is 19.8 Å². The number of aliphatic hydroxyl groups is 1. The molecule has 1 atom stereocenters. The van der Waals surface area contributed by atoms with Gasteiger partial charge in [-0.1, -0.05) is 17.7 Å². The first-order chi connectivity index (χ1) is 12.2. The third-order valence-corrected chi connectivity index (χ3v) is 3.84. The zero-order chi connectivity index (χ0) is 19.2. The van der Waals surface area contributed by atoms with Crippen LogP contribution in [0.4, 0.5) is 0 Å². The third kappa shape index (κ3) is 7.15. The second-order valence-electron chi connectivity index (χ2n) is 7.04. The molecule has 0 saturated heterocycles. The van der Waals surface area contributed by atoms with Gasteiger partial charge in [-0.05, 0) is 57.0 Å². The number of hydrogen-bond donors (Lipinski definition) is 2. The van der Waals surface area contributed by atoms with E-state index < -0.39 is 6.10 Å². The molecule has 0 radical (unpaired) electrons. The first kappa shape index (κ1) is 20.4. The van der Waals surface area contributed by atoms with Gasteiger partial charge in [0.05, 0.1) is 0 Å². The average molecular weight is 380 g/mol. The predicted molar refractivity (Wildman–Crippen MR) is 102 cm³/mol. The summed E-state index contributed by atoms with van der Waals surface area (Å²) in [6.45, 7) is 8.97. The molecule has 0 fully saturated rings. The maximum Gasteiger partial charge on any atom is 0.233 e. The number of nitrogens with zero attached hydrogens (tertiary/aromatic N) is 2. The number of halogens is 1. The molecular formula is C19H26ClN3O3. The number of aliphatic hydroxyl groups excluding tert-OH is 1. The minimum Gasteiger partial charge on any atom is -0.491 e. The van der Waals surface area contributed by atoms with Crippen LogP contribution >= 0.6 is 11.6 Å². The van der Waals surface area contributed by atoms with Crippen LogP contribution in [-0.2, 0) is 0 Å². The van der Waals surface area contributed by atoms with E-state index in [0.717, 1.165) is 16.9 Å². The van der Waals surface area contributed by atoms with Crippen LogP contribution < -0.4 is 14.8 Å². The summed E-state index contributed by atoms with van der Waals surface area (Å²) in [5.41, 5.74) is 1.91. The van der Waals surface area contributed by atoms with Crippen molar-refractivity contribution < 1.29 is 14.6 Å². The van der Waals surface area contributed by atoms with E-state index in [1.165, 1.54) is 0 Å². The Balaban J connectivity index is 1.74. The van der Waals surface area contributed by atoms with Crippen molar-refractivity contribution >= 4 is 11.6 Å². The third-order valence-electron chi connectivity index (χ3n) is 3.64. The molecule has 6 nitrogen and oxygen atoms in total. The molecule has 2 rings (SSSR count). The molecule has 0 saturated carbocycles. The molecule has 26 heavy (non-hydrogen) atoms. The van der Waals surface area contributed by atoms with Crippen LogP contribution in [0.5, 0.6) is 11.6 Å². The Morgan fingerprint density at radius 2 is 1.81 bits per heavy atom. The standard InChI is InChI=1S/C19H26ClN3O3/c1-13-7-14(2)9-16(8-13)25-11-15(24)10-21-19(3,4)12-26-18-6-5-17(20)22-23-18/h5-9,15,21,24H,10-12H2,1-4H3. The lowest BCUT2D eigenvalue weighted by Crippen LogP contribution is -2.48.